The van der Waals surface area contributed by atoms with E-state index in [0.717, 1.165) is 10.0 Å². The molecule has 1 aliphatic heterocycles. The molecule has 2 aromatic carbocycles. The Balaban J connectivity index is 1.97. The Labute approximate surface area is 169 Å². The SMILES string of the molecule is COc1cccc([C@H]2c3c(oc4ccc(Br)cc4c3=O)C(=O)N2CCCO)c1. The number of methoxy groups -OCH3 is 1. The van der Waals surface area contributed by atoms with E-state index in [1.807, 2.05) is 18.2 Å². The number of aliphatic hydroxyl groups is 1. The van der Waals surface area contributed by atoms with Crippen molar-refractivity contribution in [3.8, 4) is 5.75 Å². The summed E-state index contributed by atoms with van der Waals surface area (Å²) in [6.45, 7) is 0.252. The van der Waals surface area contributed by atoms with Crippen molar-refractivity contribution in [2.24, 2.45) is 0 Å². The highest BCUT2D eigenvalue weighted by Crippen LogP contribution is 2.39. The number of rotatable bonds is 5. The van der Waals surface area contributed by atoms with Gasteiger partial charge in [0.2, 0.25) is 5.76 Å². The summed E-state index contributed by atoms with van der Waals surface area (Å²) in [5.74, 6) is 0.345. The maximum Gasteiger partial charge on any atom is 0.290 e. The van der Waals surface area contributed by atoms with E-state index >= 15 is 0 Å². The summed E-state index contributed by atoms with van der Waals surface area (Å²) in [5.41, 5.74) is 1.21. The summed E-state index contributed by atoms with van der Waals surface area (Å²) in [4.78, 5) is 28.0. The smallest absolute Gasteiger partial charge is 0.290 e. The zero-order chi connectivity index (χ0) is 19.8. The van der Waals surface area contributed by atoms with E-state index in [4.69, 9.17) is 9.15 Å². The van der Waals surface area contributed by atoms with Crippen molar-refractivity contribution in [2.45, 2.75) is 12.5 Å². The number of fused-ring (bicyclic) bond motifs is 2. The number of carbonyl (C=O) groups is 1. The third-order valence-electron chi connectivity index (χ3n) is 4.89. The molecule has 0 fully saturated rings. The fourth-order valence-corrected chi connectivity index (χ4v) is 3.98. The van der Waals surface area contributed by atoms with Gasteiger partial charge in [0.15, 0.2) is 5.43 Å². The van der Waals surface area contributed by atoms with E-state index in [9.17, 15) is 14.7 Å². The van der Waals surface area contributed by atoms with Crippen LogP contribution in [0.15, 0.2) is 56.1 Å². The van der Waals surface area contributed by atoms with Crippen LogP contribution in [-0.2, 0) is 0 Å². The van der Waals surface area contributed by atoms with Crippen molar-refractivity contribution >= 4 is 32.8 Å². The first-order chi connectivity index (χ1) is 13.5. The molecule has 4 rings (SSSR count). The third kappa shape index (κ3) is 3.00. The van der Waals surface area contributed by atoms with Gasteiger partial charge in [-0.15, -0.1) is 0 Å². The van der Waals surface area contributed by atoms with Gasteiger partial charge in [0.1, 0.15) is 11.3 Å². The molecule has 0 bridgehead atoms. The van der Waals surface area contributed by atoms with E-state index in [2.05, 4.69) is 15.9 Å². The molecule has 1 amide bonds. The van der Waals surface area contributed by atoms with Crippen molar-refractivity contribution in [3.63, 3.8) is 0 Å². The zero-order valence-electron chi connectivity index (χ0n) is 15.1. The molecule has 28 heavy (non-hydrogen) atoms. The molecular weight excluding hydrogens is 426 g/mol. The number of nitrogens with zero attached hydrogens (tertiary/aromatic N) is 1. The van der Waals surface area contributed by atoms with Crippen LogP contribution in [0.25, 0.3) is 11.0 Å². The lowest BCUT2D eigenvalue weighted by Gasteiger charge is -2.25. The highest BCUT2D eigenvalue weighted by Gasteiger charge is 2.42. The van der Waals surface area contributed by atoms with Crippen molar-refractivity contribution in [1.29, 1.82) is 0 Å². The molecule has 6 nitrogen and oxygen atoms in total. The maximum atomic E-state index is 13.3. The third-order valence-corrected chi connectivity index (χ3v) is 5.39. The first-order valence-corrected chi connectivity index (χ1v) is 9.66. The average Bonchev–Trinajstić information content (AvgIpc) is 2.99. The van der Waals surface area contributed by atoms with Gasteiger partial charge in [0.05, 0.1) is 24.1 Å². The first kappa shape index (κ1) is 18.7. The fourth-order valence-electron chi connectivity index (χ4n) is 3.62. The van der Waals surface area contributed by atoms with Crippen molar-refractivity contribution in [1.82, 2.24) is 4.90 Å². The Morgan fingerprint density at radius 2 is 2.04 bits per heavy atom. The van der Waals surface area contributed by atoms with Gasteiger partial charge >= 0.3 is 0 Å². The molecule has 0 radical (unpaired) electrons. The Hall–Kier alpha value is -2.64. The van der Waals surface area contributed by atoms with Gasteiger partial charge in [-0.2, -0.15) is 0 Å². The maximum absolute atomic E-state index is 13.3. The molecule has 1 aliphatic rings. The number of ether oxygens (including phenoxy) is 1. The van der Waals surface area contributed by atoms with Crippen LogP contribution in [0.1, 0.15) is 34.1 Å². The van der Waals surface area contributed by atoms with E-state index < -0.39 is 6.04 Å². The molecule has 1 atom stereocenters. The zero-order valence-corrected chi connectivity index (χ0v) is 16.7. The molecule has 7 heteroatoms. The van der Waals surface area contributed by atoms with Crippen LogP contribution < -0.4 is 10.2 Å². The number of amides is 1. The van der Waals surface area contributed by atoms with Crippen LogP contribution in [-0.4, -0.2) is 36.2 Å². The van der Waals surface area contributed by atoms with Crippen molar-refractivity contribution < 1.29 is 19.1 Å². The summed E-state index contributed by atoms with van der Waals surface area (Å²) in [7, 11) is 1.57. The monoisotopic (exact) mass is 443 g/mol. The van der Waals surface area contributed by atoms with Crippen LogP contribution in [0, 0.1) is 0 Å². The Morgan fingerprint density at radius 1 is 1.21 bits per heavy atom. The van der Waals surface area contributed by atoms with Crippen LogP contribution >= 0.6 is 15.9 Å². The number of carbonyl (C=O) groups excluding carboxylic acids is 1. The van der Waals surface area contributed by atoms with E-state index in [-0.39, 0.29) is 23.7 Å². The van der Waals surface area contributed by atoms with E-state index in [1.54, 1.807) is 36.3 Å². The van der Waals surface area contributed by atoms with Crippen LogP contribution in [0.4, 0.5) is 0 Å². The minimum absolute atomic E-state index is 0.0543. The number of aliphatic hydroxyl groups excluding tert-OH is 1. The van der Waals surface area contributed by atoms with E-state index in [0.29, 0.717) is 35.2 Å². The number of benzene rings is 2. The Bertz CT molecular complexity index is 1120. The van der Waals surface area contributed by atoms with Crippen molar-refractivity contribution in [2.75, 3.05) is 20.3 Å². The van der Waals surface area contributed by atoms with Gasteiger partial charge in [0, 0.05) is 17.6 Å². The topological polar surface area (TPSA) is 80.0 Å². The molecule has 3 aromatic rings. The molecule has 1 N–H and O–H groups in total. The molecule has 1 aromatic heterocycles. The normalized spacial score (nSPS) is 15.9. The fraction of sp³-hybridized carbons (Fsp3) is 0.238. The lowest BCUT2D eigenvalue weighted by atomic mass is 9.98. The molecule has 0 saturated heterocycles. The lowest BCUT2D eigenvalue weighted by molar-refractivity contribution is 0.0716. The van der Waals surface area contributed by atoms with Gasteiger partial charge in [-0.25, -0.2) is 0 Å². The largest absolute Gasteiger partial charge is 0.497 e. The quantitative estimate of drug-likeness (QED) is 0.652. The highest BCUT2D eigenvalue weighted by atomic mass is 79.9. The summed E-state index contributed by atoms with van der Waals surface area (Å²) in [6, 6.07) is 11.8. The Morgan fingerprint density at radius 3 is 2.79 bits per heavy atom. The van der Waals surface area contributed by atoms with Gasteiger partial charge in [-0.05, 0) is 42.3 Å². The van der Waals surface area contributed by atoms with Crippen LogP contribution in [0.3, 0.4) is 0 Å². The predicted octanol–water partition coefficient (Wildman–Crippen LogP) is 3.49. The first-order valence-electron chi connectivity index (χ1n) is 8.87. The molecule has 0 spiro atoms. The summed E-state index contributed by atoms with van der Waals surface area (Å²) in [5, 5.41) is 9.67. The highest BCUT2D eigenvalue weighted by molar-refractivity contribution is 9.10. The van der Waals surface area contributed by atoms with Gasteiger partial charge < -0.3 is 19.2 Å². The van der Waals surface area contributed by atoms with Crippen LogP contribution in [0.2, 0.25) is 0 Å². The molecular formula is C21H18BrNO5. The van der Waals surface area contributed by atoms with Gasteiger partial charge in [0.25, 0.3) is 5.91 Å². The number of hydrogen-bond donors (Lipinski definition) is 1. The number of halogens is 1. The molecule has 0 aliphatic carbocycles. The summed E-state index contributed by atoms with van der Waals surface area (Å²) in [6.07, 6.45) is 0.402. The average molecular weight is 444 g/mol. The number of hydrogen-bond acceptors (Lipinski definition) is 5. The van der Waals surface area contributed by atoms with Crippen molar-refractivity contribution in [3.05, 3.63) is 74.0 Å². The van der Waals surface area contributed by atoms with Gasteiger partial charge in [-0.1, -0.05) is 28.1 Å². The second-order valence-electron chi connectivity index (χ2n) is 6.57. The molecule has 144 valence electrons. The lowest BCUT2D eigenvalue weighted by Crippen LogP contribution is -2.31. The standard InChI is InChI=1S/C21H18BrNO5/c1-27-14-5-2-4-12(10-14)18-17-19(25)15-11-13(22)6-7-16(15)28-20(17)21(26)23(18)8-3-9-24/h2,4-7,10-11,18,24H,3,8-9H2,1H3/t18-/m0/s1. The molecule has 0 saturated carbocycles. The minimum atomic E-state index is -0.594. The van der Waals surface area contributed by atoms with Gasteiger partial charge in [-0.3, -0.25) is 9.59 Å². The molecule has 0 unspecified atom stereocenters. The predicted molar refractivity (Wildman–Crippen MR) is 108 cm³/mol. The molecule has 2 heterocycles. The summed E-state index contributed by atoms with van der Waals surface area (Å²) >= 11 is 3.38. The second-order valence-corrected chi connectivity index (χ2v) is 7.48. The minimum Gasteiger partial charge on any atom is -0.497 e. The summed E-state index contributed by atoms with van der Waals surface area (Å²) < 4.78 is 11.9. The second kappa shape index (κ2) is 7.41. The van der Waals surface area contributed by atoms with Crippen LogP contribution in [0.5, 0.6) is 5.75 Å². The van der Waals surface area contributed by atoms with E-state index in [1.165, 1.54) is 0 Å². The Kier molecular flexibility index (Phi) is 4.95.